The highest BCUT2D eigenvalue weighted by Crippen LogP contribution is 1.98. The van der Waals surface area contributed by atoms with Gasteiger partial charge >= 0.3 is 12.1 Å². The van der Waals surface area contributed by atoms with E-state index >= 15 is 0 Å². The van der Waals surface area contributed by atoms with E-state index in [9.17, 15) is 14.4 Å². The van der Waals surface area contributed by atoms with Gasteiger partial charge in [-0.15, -0.1) is 0 Å². The van der Waals surface area contributed by atoms with E-state index in [0.717, 1.165) is 12.8 Å². The number of nitrogens with one attached hydrogen (secondary N) is 1. The lowest BCUT2D eigenvalue weighted by molar-refractivity contribution is -0.137. The van der Waals surface area contributed by atoms with Crippen molar-refractivity contribution in [3.05, 3.63) is 0 Å². The molecule has 0 heterocycles. The molecule has 0 fully saturated rings. The summed E-state index contributed by atoms with van der Waals surface area (Å²) in [5, 5.41) is 10.7. The van der Waals surface area contributed by atoms with Gasteiger partial charge in [0.15, 0.2) is 0 Å². The number of aliphatic carboxylic acids is 1. The number of carboxylic acid groups (broad SMARTS) is 1. The molecule has 0 aromatic heterocycles. The number of carboxylic acids is 1. The summed E-state index contributed by atoms with van der Waals surface area (Å²) >= 11 is 0. The molecule has 0 aromatic rings. The average Bonchev–Trinajstić information content (AvgIpc) is 2.23. The third-order valence-electron chi connectivity index (χ3n) is 2.01. The van der Waals surface area contributed by atoms with Crippen LogP contribution in [0.2, 0.25) is 0 Å². The third kappa shape index (κ3) is 8.06. The van der Waals surface area contributed by atoms with Crippen LogP contribution in [0, 0.1) is 0 Å². The monoisotopic (exact) mass is 246 g/mol. The van der Waals surface area contributed by atoms with Gasteiger partial charge in [0.25, 0.3) is 0 Å². The molecule has 17 heavy (non-hydrogen) atoms. The Morgan fingerprint density at radius 2 is 2.06 bits per heavy atom. The number of primary amides is 1. The number of unbranched alkanes of at least 4 members (excludes halogenated alkanes) is 1. The number of hydrogen-bond acceptors (Lipinski definition) is 4. The minimum absolute atomic E-state index is 0.0481. The smallest absolute Gasteiger partial charge is 0.407 e. The molecule has 0 saturated heterocycles. The van der Waals surface area contributed by atoms with Gasteiger partial charge in [-0.05, 0) is 12.8 Å². The van der Waals surface area contributed by atoms with Gasteiger partial charge in [0.05, 0.1) is 6.61 Å². The SMILES string of the molecule is CCCCOC(=O)NC(CCC(=O)O)C(N)=O. The zero-order valence-electron chi connectivity index (χ0n) is 9.77. The first-order valence-corrected chi connectivity index (χ1v) is 5.41. The molecule has 0 aromatic carbocycles. The van der Waals surface area contributed by atoms with Crippen molar-refractivity contribution < 1.29 is 24.2 Å². The summed E-state index contributed by atoms with van der Waals surface area (Å²) in [6.45, 7) is 2.20. The van der Waals surface area contributed by atoms with Crippen LogP contribution in [0.3, 0.4) is 0 Å². The van der Waals surface area contributed by atoms with E-state index in [-0.39, 0.29) is 19.4 Å². The molecular formula is C10H18N2O5. The zero-order chi connectivity index (χ0) is 13.3. The number of carbonyl (C=O) groups is 3. The lowest BCUT2D eigenvalue weighted by Crippen LogP contribution is -2.44. The molecule has 0 aliphatic rings. The molecule has 1 unspecified atom stereocenters. The maximum Gasteiger partial charge on any atom is 0.407 e. The fraction of sp³-hybridized carbons (Fsp3) is 0.700. The van der Waals surface area contributed by atoms with E-state index in [1.807, 2.05) is 6.92 Å². The van der Waals surface area contributed by atoms with E-state index in [2.05, 4.69) is 5.32 Å². The van der Waals surface area contributed by atoms with Gasteiger partial charge in [-0.25, -0.2) is 4.79 Å². The van der Waals surface area contributed by atoms with Crippen LogP contribution in [0.1, 0.15) is 32.6 Å². The molecule has 0 aliphatic heterocycles. The molecule has 0 saturated carbocycles. The third-order valence-corrected chi connectivity index (χ3v) is 2.01. The van der Waals surface area contributed by atoms with Crippen LogP contribution in [0.25, 0.3) is 0 Å². The summed E-state index contributed by atoms with van der Waals surface area (Å²) in [4.78, 5) is 32.5. The fourth-order valence-corrected chi connectivity index (χ4v) is 1.05. The van der Waals surface area contributed by atoms with E-state index in [1.54, 1.807) is 0 Å². The highest BCUT2D eigenvalue weighted by molar-refractivity contribution is 5.84. The van der Waals surface area contributed by atoms with Crippen LogP contribution >= 0.6 is 0 Å². The molecule has 7 heteroatoms. The second-order valence-corrected chi connectivity index (χ2v) is 3.52. The Labute approximate surface area is 99.3 Å². The summed E-state index contributed by atoms with van der Waals surface area (Å²) in [5.74, 6) is -1.84. The van der Waals surface area contributed by atoms with Crippen molar-refractivity contribution in [2.24, 2.45) is 5.73 Å². The Kier molecular flexibility index (Phi) is 7.49. The molecule has 0 radical (unpaired) electrons. The second-order valence-electron chi connectivity index (χ2n) is 3.52. The molecule has 0 spiro atoms. The lowest BCUT2D eigenvalue weighted by atomic mass is 10.1. The maximum atomic E-state index is 11.2. The van der Waals surface area contributed by atoms with Crippen LogP contribution in [-0.2, 0) is 14.3 Å². The fourth-order valence-electron chi connectivity index (χ4n) is 1.05. The van der Waals surface area contributed by atoms with Gasteiger partial charge in [0, 0.05) is 6.42 Å². The molecule has 4 N–H and O–H groups in total. The Bertz CT molecular complexity index is 280. The van der Waals surface area contributed by atoms with E-state index in [1.165, 1.54) is 0 Å². The predicted octanol–water partition coefficient (Wildman–Crippen LogP) is 0.231. The number of nitrogens with two attached hydrogens (primary N) is 1. The summed E-state index contributed by atoms with van der Waals surface area (Å²) in [6.07, 6.45) is 0.554. The molecular weight excluding hydrogens is 228 g/mol. The van der Waals surface area contributed by atoms with Crippen molar-refractivity contribution in [2.75, 3.05) is 6.61 Å². The second kappa shape index (κ2) is 8.37. The maximum absolute atomic E-state index is 11.2. The van der Waals surface area contributed by atoms with Crippen LogP contribution in [0.4, 0.5) is 4.79 Å². The standard InChI is InChI=1S/C10H18N2O5/c1-2-3-6-17-10(16)12-7(9(11)15)4-5-8(13)14/h7H,2-6H2,1H3,(H2,11,15)(H,12,16)(H,13,14). The molecule has 98 valence electrons. The van der Waals surface area contributed by atoms with Gasteiger partial charge in [-0.3, -0.25) is 9.59 Å². The van der Waals surface area contributed by atoms with Crippen molar-refractivity contribution in [2.45, 2.75) is 38.6 Å². The van der Waals surface area contributed by atoms with Crippen molar-refractivity contribution in [1.29, 1.82) is 0 Å². The highest BCUT2D eigenvalue weighted by Gasteiger charge is 2.19. The summed E-state index contributed by atoms with van der Waals surface area (Å²) in [5.41, 5.74) is 5.02. The Hall–Kier alpha value is -1.79. The number of rotatable bonds is 8. The Balaban J connectivity index is 4.02. The Morgan fingerprint density at radius 3 is 2.53 bits per heavy atom. The number of ether oxygens (including phenoxy) is 1. The summed E-state index contributed by atoms with van der Waals surface area (Å²) < 4.78 is 4.76. The van der Waals surface area contributed by atoms with E-state index in [4.69, 9.17) is 15.6 Å². The number of hydrogen-bond donors (Lipinski definition) is 3. The van der Waals surface area contributed by atoms with Crippen LogP contribution in [0.15, 0.2) is 0 Å². The molecule has 2 amide bonds. The van der Waals surface area contributed by atoms with Gasteiger partial charge in [0.2, 0.25) is 5.91 Å². The van der Waals surface area contributed by atoms with Crippen LogP contribution in [-0.4, -0.2) is 35.7 Å². The topological polar surface area (TPSA) is 119 Å². The van der Waals surface area contributed by atoms with Gasteiger partial charge in [-0.1, -0.05) is 13.3 Å². The van der Waals surface area contributed by atoms with Crippen LogP contribution in [0.5, 0.6) is 0 Å². The first-order valence-electron chi connectivity index (χ1n) is 5.41. The van der Waals surface area contributed by atoms with Crippen LogP contribution < -0.4 is 11.1 Å². The van der Waals surface area contributed by atoms with Crippen molar-refractivity contribution in [1.82, 2.24) is 5.32 Å². The number of alkyl carbamates (subject to hydrolysis) is 1. The molecule has 0 rings (SSSR count). The summed E-state index contributed by atoms with van der Waals surface area (Å²) in [6, 6.07) is -1.01. The largest absolute Gasteiger partial charge is 0.481 e. The van der Waals surface area contributed by atoms with Crippen molar-refractivity contribution in [3.8, 4) is 0 Å². The quantitative estimate of drug-likeness (QED) is 0.530. The first-order chi connectivity index (χ1) is 7.97. The minimum Gasteiger partial charge on any atom is -0.481 e. The summed E-state index contributed by atoms with van der Waals surface area (Å²) in [7, 11) is 0. The molecule has 7 nitrogen and oxygen atoms in total. The van der Waals surface area contributed by atoms with Gasteiger partial charge < -0.3 is 20.9 Å². The van der Waals surface area contributed by atoms with Gasteiger partial charge in [0.1, 0.15) is 6.04 Å². The number of carbonyl (C=O) groups excluding carboxylic acids is 2. The molecule has 0 aliphatic carbocycles. The number of amides is 2. The molecule has 0 bridgehead atoms. The minimum atomic E-state index is -1.06. The van der Waals surface area contributed by atoms with Gasteiger partial charge in [-0.2, -0.15) is 0 Å². The lowest BCUT2D eigenvalue weighted by Gasteiger charge is -2.14. The van der Waals surface area contributed by atoms with Crippen molar-refractivity contribution >= 4 is 18.0 Å². The molecule has 1 atom stereocenters. The van der Waals surface area contributed by atoms with E-state index in [0.29, 0.717) is 0 Å². The normalized spacial score (nSPS) is 11.6. The Morgan fingerprint density at radius 1 is 1.41 bits per heavy atom. The predicted molar refractivity (Wildman–Crippen MR) is 59.2 cm³/mol. The van der Waals surface area contributed by atoms with E-state index < -0.39 is 24.0 Å². The van der Waals surface area contributed by atoms with Crippen molar-refractivity contribution in [3.63, 3.8) is 0 Å². The highest BCUT2D eigenvalue weighted by atomic mass is 16.5. The average molecular weight is 246 g/mol. The first kappa shape index (κ1) is 15.2. The zero-order valence-corrected chi connectivity index (χ0v) is 9.77.